The Labute approximate surface area is 219 Å². The molecule has 1 aromatic carbocycles. The number of methoxy groups -OCH3 is 1. The van der Waals surface area contributed by atoms with Gasteiger partial charge in [0, 0.05) is 22.6 Å². The molecule has 0 saturated heterocycles. The molecule has 4 rings (SSSR count). The number of ether oxygens (including phenoxy) is 2. The molecule has 0 radical (unpaired) electrons. The summed E-state index contributed by atoms with van der Waals surface area (Å²) >= 11 is 0. The predicted molar refractivity (Wildman–Crippen MR) is 126 cm³/mol. The Hall–Kier alpha value is -3.84. The lowest BCUT2D eigenvalue weighted by atomic mass is 10.1. The lowest BCUT2D eigenvalue weighted by Crippen LogP contribution is -2.53. The second-order valence-corrected chi connectivity index (χ2v) is 9.52. The average Bonchev–Trinajstić information content (AvgIpc) is 2.85. The number of phosphoric ester groups is 1. The van der Waals surface area contributed by atoms with Crippen molar-refractivity contribution in [1.29, 1.82) is 0 Å². The third-order valence-corrected chi connectivity index (χ3v) is 5.80. The van der Waals surface area contributed by atoms with Crippen molar-refractivity contribution in [2.75, 3.05) is 18.7 Å². The van der Waals surface area contributed by atoms with Crippen LogP contribution in [0.3, 0.4) is 0 Å². The van der Waals surface area contributed by atoms with Crippen LogP contribution in [0.15, 0.2) is 30.5 Å². The molecule has 3 aromatic rings. The Balaban J connectivity index is 1.66. The van der Waals surface area contributed by atoms with Gasteiger partial charge in [-0.2, -0.15) is 0 Å². The molecular formula is C23H23FN4O9P-. The van der Waals surface area contributed by atoms with Crippen LogP contribution in [0.5, 0.6) is 23.0 Å². The van der Waals surface area contributed by atoms with Gasteiger partial charge in [0.1, 0.15) is 12.6 Å². The van der Waals surface area contributed by atoms with E-state index in [1.165, 1.54) is 31.4 Å². The Morgan fingerprint density at radius 1 is 1.26 bits per heavy atom. The first-order valence-corrected chi connectivity index (χ1v) is 12.3. The average molecular weight is 552 g/mol. The van der Waals surface area contributed by atoms with E-state index in [4.69, 9.17) is 18.5 Å². The van der Waals surface area contributed by atoms with Gasteiger partial charge in [0.2, 0.25) is 5.75 Å². The molecule has 15 heteroatoms. The highest BCUT2D eigenvalue weighted by atomic mass is 31.2. The highest BCUT2D eigenvalue weighted by molar-refractivity contribution is 7.44. The number of phenolic OH excluding ortho intramolecular Hbond substituents is 2. The van der Waals surface area contributed by atoms with Crippen LogP contribution >= 0.6 is 7.82 Å². The number of pyridine rings is 1. The number of fused-ring (bicyclic) bond motifs is 1. The van der Waals surface area contributed by atoms with Crippen molar-refractivity contribution in [2.24, 2.45) is 0 Å². The summed E-state index contributed by atoms with van der Waals surface area (Å²) in [5.74, 6) is -3.20. The number of carbonyl (C=O) groups excluding carboxylic acids is 1. The summed E-state index contributed by atoms with van der Waals surface area (Å²) < 4.78 is 63.8. The second-order valence-electron chi connectivity index (χ2n) is 8.32. The number of hydrogen-bond donors (Lipinski definition) is 3. The summed E-state index contributed by atoms with van der Waals surface area (Å²) in [6.45, 7) is -3.11. The zero-order chi connectivity index (χ0) is 30.3. The Morgan fingerprint density at radius 2 is 1.97 bits per heavy atom. The molecule has 202 valence electrons. The van der Waals surface area contributed by atoms with Crippen LogP contribution < -0.4 is 19.3 Å². The molecule has 0 spiro atoms. The van der Waals surface area contributed by atoms with E-state index in [1.54, 1.807) is 0 Å². The fourth-order valence-corrected chi connectivity index (χ4v) is 3.95. The monoisotopic (exact) mass is 552 g/mol. The number of halogens is 1. The number of rotatable bonds is 8. The fourth-order valence-electron chi connectivity index (χ4n) is 3.69. The van der Waals surface area contributed by atoms with E-state index in [2.05, 4.69) is 19.5 Å². The van der Waals surface area contributed by atoms with E-state index >= 15 is 0 Å². The maximum absolute atomic E-state index is 14.7. The second kappa shape index (κ2) is 10.1. The van der Waals surface area contributed by atoms with Gasteiger partial charge in [-0.05, 0) is 43.6 Å². The van der Waals surface area contributed by atoms with Gasteiger partial charge in [-0.3, -0.25) is 18.8 Å². The molecular weight excluding hydrogens is 526 g/mol. The van der Waals surface area contributed by atoms with Crippen molar-refractivity contribution in [2.45, 2.75) is 32.2 Å². The minimum absolute atomic E-state index is 0.00636. The third kappa shape index (κ3) is 5.83. The van der Waals surface area contributed by atoms with Gasteiger partial charge >= 0.3 is 0 Å². The van der Waals surface area contributed by atoms with Crippen LogP contribution in [0.25, 0.3) is 0 Å². The molecule has 3 N–H and O–H groups in total. The summed E-state index contributed by atoms with van der Waals surface area (Å²) in [4.78, 5) is 46.3. The molecule has 1 aliphatic heterocycles. The molecule has 2 aromatic heterocycles. The molecule has 3 heterocycles. The number of phosphoric acid groups is 1. The topological polar surface area (TPSA) is 187 Å². The third-order valence-electron chi connectivity index (χ3n) is 5.36. The van der Waals surface area contributed by atoms with E-state index in [1.807, 2.05) is 0 Å². The largest absolute Gasteiger partial charge is 0.756 e. The number of phenols is 2. The van der Waals surface area contributed by atoms with E-state index in [0.29, 0.717) is 10.5 Å². The number of aromatic nitrogens is 3. The molecule has 0 bridgehead atoms. The lowest BCUT2D eigenvalue weighted by Gasteiger charge is -2.38. The van der Waals surface area contributed by atoms with Crippen LogP contribution in [0.1, 0.15) is 40.7 Å². The van der Waals surface area contributed by atoms with Crippen molar-refractivity contribution in [3.05, 3.63) is 59.1 Å². The highest BCUT2D eigenvalue weighted by Crippen LogP contribution is 2.39. The number of nitrogens with zero attached hydrogens (tertiary/aromatic N) is 4. The maximum Gasteiger partial charge on any atom is 0.273 e. The van der Waals surface area contributed by atoms with E-state index in [0.717, 1.165) is 13.1 Å². The van der Waals surface area contributed by atoms with Crippen molar-refractivity contribution in [3.63, 3.8) is 0 Å². The number of amides is 1. The molecule has 0 fully saturated rings. The Kier molecular flexibility index (Phi) is 6.21. The number of anilines is 1. The first-order chi connectivity index (χ1) is 19.0. The van der Waals surface area contributed by atoms with Gasteiger partial charge in [-0.25, -0.2) is 19.3 Å². The van der Waals surface area contributed by atoms with Crippen LogP contribution in [-0.4, -0.2) is 55.4 Å². The first kappa shape index (κ1) is 23.3. The summed E-state index contributed by atoms with van der Waals surface area (Å²) in [6, 6.07) is 5.27. The van der Waals surface area contributed by atoms with Crippen molar-refractivity contribution >= 4 is 19.5 Å². The zero-order valence-electron chi connectivity index (χ0n) is 22.9. The van der Waals surface area contributed by atoms with Crippen molar-refractivity contribution in [3.8, 4) is 23.0 Å². The van der Waals surface area contributed by atoms with Gasteiger partial charge in [0.15, 0.2) is 34.5 Å². The van der Waals surface area contributed by atoms with Crippen LogP contribution in [0, 0.1) is 5.82 Å². The van der Waals surface area contributed by atoms with Gasteiger partial charge in [-0.15, -0.1) is 0 Å². The highest BCUT2D eigenvalue weighted by Gasteiger charge is 2.42. The standard InChI is InChI=1S/C23H24FN4O9P/c1-23(2)22(31)28(11-36-38(32,33)34)21-18(37-23)5-4-13(26-21)9-15-14(24)10-25-19(27-15)8-12-6-16(29)20(35-3)17(30)7-12/h4-7,10,29-30H,8-9,11H2,1-3H3,(H2,32,33,34)/p-1/i1D3. The minimum Gasteiger partial charge on any atom is -0.756 e. The molecule has 2 atom stereocenters. The van der Waals surface area contributed by atoms with Gasteiger partial charge < -0.3 is 29.5 Å². The smallest absolute Gasteiger partial charge is 0.273 e. The van der Waals surface area contributed by atoms with Crippen LogP contribution in [0.2, 0.25) is 0 Å². The number of aromatic hydroxyl groups is 2. The lowest BCUT2D eigenvalue weighted by molar-refractivity contribution is -0.219. The van der Waals surface area contributed by atoms with E-state index in [9.17, 15) is 28.9 Å². The molecule has 0 aliphatic carbocycles. The quantitative estimate of drug-likeness (QED) is 0.343. The van der Waals surface area contributed by atoms with Crippen LogP contribution in [-0.2, 0) is 26.7 Å². The molecule has 1 amide bonds. The Bertz CT molecular complexity index is 1530. The molecule has 38 heavy (non-hydrogen) atoms. The van der Waals surface area contributed by atoms with E-state index in [-0.39, 0.29) is 58.9 Å². The van der Waals surface area contributed by atoms with E-state index < -0.39 is 38.7 Å². The summed E-state index contributed by atoms with van der Waals surface area (Å²) in [5.41, 5.74) is -2.05. The number of benzene rings is 1. The van der Waals surface area contributed by atoms with Crippen molar-refractivity contribution in [1.82, 2.24) is 15.0 Å². The normalized spacial score (nSPS) is 20.0. The summed E-state index contributed by atoms with van der Waals surface area (Å²) in [6.07, 6.45) is 0.654. The van der Waals surface area contributed by atoms with Gasteiger partial charge in [-0.1, -0.05) is 0 Å². The van der Waals surface area contributed by atoms with Gasteiger partial charge in [0.25, 0.3) is 13.7 Å². The SMILES string of the molecule is [2H]C([2H])([2H])C1(C)Oc2ccc(Cc3nc(Cc4cc(O)c(OC)c(O)c4)ncc3F)nc2N(COP(=O)([O-])O)C1=O. The summed E-state index contributed by atoms with van der Waals surface area (Å²) in [7, 11) is -4.06. The minimum atomic E-state index is -5.33. The maximum atomic E-state index is 14.7. The first-order valence-electron chi connectivity index (χ1n) is 12.3. The zero-order valence-corrected chi connectivity index (χ0v) is 20.8. The predicted octanol–water partition coefficient (Wildman–Crippen LogP) is 1.55. The van der Waals surface area contributed by atoms with Gasteiger partial charge in [0.05, 0.1) is 19.0 Å². The van der Waals surface area contributed by atoms with Crippen molar-refractivity contribution < 1.29 is 51.9 Å². The molecule has 2 unspecified atom stereocenters. The fraction of sp³-hybridized carbons (Fsp3) is 0.304. The molecule has 1 aliphatic rings. The molecule has 0 saturated carbocycles. The Morgan fingerprint density at radius 3 is 2.61 bits per heavy atom. The number of hydrogen-bond acceptors (Lipinski definition) is 11. The number of carbonyl (C=O) groups is 1. The van der Waals surface area contributed by atoms with Crippen LogP contribution in [0.4, 0.5) is 10.2 Å². The summed E-state index contributed by atoms with van der Waals surface area (Å²) in [5, 5.41) is 20.0. The molecule has 13 nitrogen and oxygen atoms in total.